The zero-order valence-electron chi connectivity index (χ0n) is 17.1. The zero-order valence-corrected chi connectivity index (χ0v) is 21.0. The number of nitrogens with zero attached hydrogens (tertiary/aromatic N) is 3. The van der Waals surface area contributed by atoms with Crippen LogP contribution in [0.4, 0.5) is 0 Å². The van der Waals surface area contributed by atoms with Gasteiger partial charge in [0.25, 0.3) is 5.91 Å². The van der Waals surface area contributed by atoms with Crippen LogP contribution in [0.25, 0.3) is 12.2 Å². The van der Waals surface area contributed by atoms with Crippen molar-refractivity contribution in [1.82, 2.24) is 4.90 Å². The van der Waals surface area contributed by atoms with Gasteiger partial charge in [0.1, 0.15) is 11.5 Å². The lowest BCUT2D eigenvalue weighted by Gasteiger charge is -2.12. The molecule has 0 atom stereocenters. The van der Waals surface area contributed by atoms with Gasteiger partial charge in [-0.1, -0.05) is 52.3 Å². The second-order valence-corrected chi connectivity index (χ2v) is 9.60. The quantitative estimate of drug-likeness (QED) is 0.198. The highest BCUT2D eigenvalue weighted by Gasteiger charge is 2.34. The van der Waals surface area contributed by atoms with Crippen LogP contribution in [0.5, 0.6) is 5.75 Å². The van der Waals surface area contributed by atoms with Crippen molar-refractivity contribution >= 4 is 73.1 Å². The van der Waals surface area contributed by atoms with Gasteiger partial charge < -0.3 is 9.52 Å². The van der Waals surface area contributed by atoms with Gasteiger partial charge in [0.2, 0.25) is 0 Å². The lowest BCUT2D eigenvalue weighted by molar-refractivity contribution is -0.122. The Balaban J connectivity index is 1.60. The summed E-state index contributed by atoms with van der Waals surface area (Å²) in [5.74, 6) is 0.422. The topological polar surface area (TPSA) is 78.4 Å². The number of aromatic hydroxyl groups is 1. The Labute approximate surface area is 211 Å². The third-order valence-electron chi connectivity index (χ3n) is 4.51. The number of furan rings is 1. The number of phenolic OH excluding ortho intramolecular Hbond substituents is 1. The number of carbonyl (C=O) groups excluding carboxylic acids is 1. The van der Waals surface area contributed by atoms with Crippen molar-refractivity contribution in [1.29, 1.82) is 0 Å². The van der Waals surface area contributed by atoms with E-state index in [1.807, 2.05) is 36.4 Å². The predicted molar refractivity (Wildman–Crippen MR) is 140 cm³/mol. The SMILES string of the molecule is O=C1/C(=C/c2cc(Br)cc(Br)c2O)S/C(=N/N=C\C=C\c2ccccc2)N1Cc1ccco1. The van der Waals surface area contributed by atoms with E-state index in [-0.39, 0.29) is 18.2 Å². The van der Waals surface area contributed by atoms with Gasteiger partial charge in [0, 0.05) is 16.3 Å². The van der Waals surface area contributed by atoms with Crippen LogP contribution < -0.4 is 0 Å². The smallest absolute Gasteiger partial charge is 0.267 e. The van der Waals surface area contributed by atoms with Gasteiger partial charge in [-0.3, -0.25) is 9.69 Å². The Hall–Kier alpha value is -2.88. The van der Waals surface area contributed by atoms with Crippen LogP contribution in [0.3, 0.4) is 0 Å². The average molecular weight is 587 g/mol. The Morgan fingerprint density at radius 1 is 1.12 bits per heavy atom. The maximum absolute atomic E-state index is 13.1. The Morgan fingerprint density at radius 2 is 1.94 bits per heavy atom. The van der Waals surface area contributed by atoms with Crippen molar-refractivity contribution < 1.29 is 14.3 Å². The second-order valence-electron chi connectivity index (χ2n) is 6.82. The molecule has 0 aliphatic carbocycles. The van der Waals surface area contributed by atoms with Crippen molar-refractivity contribution in [3.63, 3.8) is 0 Å². The number of allylic oxidation sites excluding steroid dienone is 1. The van der Waals surface area contributed by atoms with Crippen molar-refractivity contribution in [3.8, 4) is 5.75 Å². The lowest BCUT2D eigenvalue weighted by atomic mass is 10.2. The molecule has 2 heterocycles. The molecule has 1 fully saturated rings. The van der Waals surface area contributed by atoms with Crippen molar-refractivity contribution in [2.75, 3.05) is 0 Å². The molecule has 3 aromatic rings. The number of amidine groups is 1. The molecule has 33 heavy (non-hydrogen) atoms. The molecule has 1 aliphatic rings. The summed E-state index contributed by atoms with van der Waals surface area (Å²) in [4.78, 5) is 15.1. The first-order valence-corrected chi connectivity index (χ1v) is 12.2. The van der Waals surface area contributed by atoms with E-state index in [2.05, 4.69) is 42.1 Å². The Morgan fingerprint density at radius 3 is 2.70 bits per heavy atom. The minimum absolute atomic E-state index is 0.0474. The van der Waals surface area contributed by atoms with E-state index >= 15 is 0 Å². The third kappa shape index (κ3) is 5.93. The van der Waals surface area contributed by atoms with Gasteiger partial charge in [-0.05, 0) is 69.7 Å². The number of hydrogen-bond acceptors (Lipinski definition) is 6. The van der Waals surface area contributed by atoms with Crippen molar-refractivity contribution in [3.05, 3.63) is 97.7 Å². The number of carbonyl (C=O) groups is 1. The summed E-state index contributed by atoms with van der Waals surface area (Å²) >= 11 is 7.91. The van der Waals surface area contributed by atoms with E-state index < -0.39 is 0 Å². The first-order chi connectivity index (χ1) is 16.0. The fourth-order valence-electron chi connectivity index (χ4n) is 2.96. The Bertz CT molecular complexity index is 1270. The minimum atomic E-state index is -0.249. The minimum Gasteiger partial charge on any atom is -0.506 e. The van der Waals surface area contributed by atoms with Gasteiger partial charge >= 0.3 is 0 Å². The molecular formula is C24H17Br2N3O3S. The van der Waals surface area contributed by atoms with Gasteiger partial charge in [-0.15, -0.1) is 5.10 Å². The third-order valence-corrected chi connectivity index (χ3v) is 6.57. The highest BCUT2D eigenvalue weighted by atomic mass is 79.9. The zero-order chi connectivity index (χ0) is 23.2. The molecular weight excluding hydrogens is 570 g/mol. The maximum Gasteiger partial charge on any atom is 0.267 e. The summed E-state index contributed by atoms with van der Waals surface area (Å²) in [5, 5.41) is 19.2. The van der Waals surface area contributed by atoms with E-state index in [9.17, 15) is 9.90 Å². The summed E-state index contributed by atoms with van der Waals surface area (Å²) in [6.45, 7) is 0.221. The fraction of sp³-hybridized carbons (Fsp3) is 0.0417. The largest absolute Gasteiger partial charge is 0.506 e. The number of amides is 1. The lowest BCUT2D eigenvalue weighted by Crippen LogP contribution is -2.28. The van der Waals surface area contributed by atoms with Crippen molar-refractivity contribution in [2.45, 2.75) is 6.54 Å². The first-order valence-electron chi connectivity index (χ1n) is 9.76. The second kappa shape index (κ2) is 10.8. The van der Waals surface area contributed by atoms with E-state index in [1.54, 1.807) is 48.9 Å². The standard InChI is InChI=1S/C24H17Br2N3O3S/c25-18-12-17(22(30)20(26)14-18)13-21-23(31)29(15-19-9-5-11-32-19)24(33-21)28-27-10-4-8-16-6-2-1-3-7-16/h1-14,30H,15H2/b8-4+,21-13-,27-10-,28-24+. The number of phenols is 1. The van der Waals surface area contributed by atoms with Crippen molar-refractivity contribution in [2.24, 2.45) is 10.2 Å². The van der Waals surface area contributed by atoms with Crippen LogP contribution in [-0.2, 0) is 11.3 Å². The highest BCUT2D eigenvalue weighted by molar-refractivity contribution is 9.11. The summed E-state index contributed by atoms with van der Waals surface area (Å²) in [5.41, 5.74) is 1.55. The molecule has 1 aromatic heterocycles. The van der Waals surface area contributed by atoms with E-state index in [4.69, 9.17) is 4.42 Å². The number of halogens is 2. The normalized spacial score (nSPS) is 16.8. The van der Waals surface area contributed by atoms with Gasteiger partial charge in [-0.25, -0.2) is 0 Å². The summed E-state index contributed by atoms with van der Waals surface area (Å²) in [6, 6.07) is 16.9. The molecule has 1 N–H and O–H groups in total. The summed E-state index contributed by atoms with van der Waals surface area (Å²) in [6.07, 6.45) is 8.45. The number of rotatable bonds is 6. The fourth-order valence-corrected chi connectivity index (χ4v) is 5.14. The van der Waals surface area contributed by atoms with E-state index in [1.165, 1.54) is 16.7 Å². The number of hydrogen-bond donors (Lipinski definition) is 1. The van der Waals surface area contributed by atoms with Crippen LogP contribution >= 0.6 is 43.6 Å². The molecule has 0 radical (unpaired) electrons. The number of thioether (sulfide) groups is 1. The predicted octanol–water partition coefficient (Wildman–Crippen LogP) is 6.68. The summed E-state index contributed by atoms with van der Waals surface area (Å²) < 4.78 is 6.70. The van der Waals surface area contributed by atoms with Gasteiger partial charge in [0.15, 0.2) is 5.17 Å². The molecule has 1 aliphatic heterocycles. The molecule has 0 unspecified atom stereocenters. The molecule has 0 saturated carbocycles. The summed E-state index contributed by atoms with van der Waals surface area (Å²) in [7, 11) is 0. The molecule has 1 saturated heterocycles. The molecule has 6 nitrogen and oxygen atoms in total. The molecule has 9 heteroatoms. The first kappa shape index (κ1) is 23.3. The van der Waals surface area contributed by atoms with Crippen LogP contribution in [0.2, 0.25) is 0 Å². The maximum atomic E-state index is 13.1. The average Bonchev–Trinajstić information content (AvgIpc) is 3.42. The monoisotopic (exact) mass is 585 g/mol. The van der Waals surface area contributed by atoms with Crippen LogP contribution in [0.15, 0.2) is 95.4 Å². The van der Waals surface area contributed by atoms with Gasteiger partial charge in [0.05, 0.1) is 22.2 Å². The van der Waals surface area contributed by atoms with E-state index in [0.29, 0.717) is 25.9 Å². The number of benzene rings is 2. The highest BCUT2D eigenvalue weighted by Crippen LogP contribution is 2.38. The van der Waals surface area contributed by atoms with Crippen LogP contribution in [-0.4, -0.2) is 27.3 Å². The molecule has 4 rings (SSSR count). The van der Waals surface area contributed by atoms with Crippen LogP contribution in [0, 0.1) is 0 Å². The Kier molecular flexibility index (Phi) is 7.64. The molecule has 0 spiro atoms. The van der Waals surface area contributed by atoms with Crippen LogP contribution in [0.1, 0.15) is 16.9 Å². The molecule has 1 amide bonds. The van der Waals surface area contributed by atoms with E-state index in [0.717, 1.165) is 10.0 Å². The van der Waals surface area contributed by atoms with Gasteiger partial charge in [-0.2, -0.15) is 5.10 Å². The molecule has 0 bridgehead atoms. The molecule has 166 valence electrons. The molecule has 2 aromatic carbocycles.